The molecule has 0 heterocycles. The molecule has 0 atom stereocenters. The fraction of sp³-hybridized carbons (Fsp3) is 0.222. The van der Waals surface area contributed by atoms with Gasteiger partial charge in [0.1, 0.15) is 5.75 Å². The molecule has 0 saturated carbocycles. The highest BCUT2D eigenvalue weighted by atomic mass is 19.3. The first-order chi connectivity index (χ1) is 12.2. The fourth-order valence-corrected chi connectivity index (χ4v) is 2.14. The summed E-state index contributed by atoms with van der Waals surface area (Å²) in [5, 5.41) is 0. The Labute approximate surface area is 144 Å². The van der Waals surface area contributed by atoms with Gasteiger partial charge in [-0.3, -0.25) is 0 Å². The van der Waals surface area contributed by atoms with E-state index in [-0.39, 0.29) is 12.1 Å². The number of alkyl halides is 2. The molecule has 0 unspecified atom stereocenters. The number of hydrogen-bond donors (Lipinski definition) is 0. The summed E-state index contributed by atoms with van der Waals surface area (Å²) in [7, 11) is 0. The van der Waals surface area contributed by atoms with Crippen LogP contribution in [0.5, 0.6) is 5.75 Å². The number of halogens is 7. The number of hydrogen-bond acceptors (Lipinski definition) is 1. The van der Waals surface area contributed by atoms with Crippen LogP contribution < -0.4 is 4.74 Å². The third kappa shape index (κ3) is 4.36. The van der Waals surface area contributed by atoms with Crippen molar-refractivity contribution in [2.75, 3.05) is 0 Å². The van der Waals surface area contributed by atoms with E-state index in [0.717, 1.165) is 24.1 Å². The maximum atomic E-state index is 14.0. The van der Waals surface area contributed by atoms with E-state index >= 15 is 0 Å². The maximum absolute atomic E-state index is 14.0. The maximum Gasteiger partial charge on any atom is 0.457 e. The Balaban J connectivity index is 2.29. The van der Waals surface area contributed by atoms with E-state index in [0.29, 0.717) is 6.42 Å². The van der Waals surface area contributed by atoms with E-state index < -0.39 is 46.5 Å². The largest absolute Gasteiger partial charge is 0.457 e. The molecule has 0 aliphatic heterocycles. The number of rotatable bonds is 6. The zero-order valence-corrected chi connectivity index (χ0v) is 13.4. The summed E-state index contributed by atoms with van der Waals surface area (Å²) in [6.45, 7) is 1.91. The Kier molecular flexibility index (Phi) is 5.94. The molecule has 0 spiro atoms. The van der Waals surface area contributed by atoms with Gasteiger partial charge in [0.15, 0.2) is 23.3 Å². The molecule has 0 fully saturated rings. The molecule has 0 aliphatic carbocycles. The Hall–Kier alpha value is -2.51. The van der Waals surface area contributed by atoms with E-state index in [4.69, 9.17) is 0 Å². The smallest absolute Gasteiger partial charge is 0.427 e. The van der Waals surface area contributed by atoms with Crippen LogP contribution in [0.1, 0.15) is 24.5 Å². The van der Waals surface area contributed by atoms with Crippen molar-refractivity contribution in [3.8, 4) is 5.75 Å². The van der Waals surface area contributed by atoms with Gasteiger partial charge in [0.25, 0.3) is 0 Å². The van der Waals surface area contributed by atoms with Crippen molar-refractivity contribution < 1.29 is 35.5 Å². The van der Waals surface area contributed by atoms with Gasteiger partial charge in [-0.25, -0.2) is 17.6 Å². The molecular formula is C18H13F7O. The standard InChI is InChI=1S/C18H13F7O/c1-2-3-10-4-6-11(7-5-10)15(21)17(23)18(24,25)26-12-8-13(19)16(22)14(20)9-12/h4-9H,2-3H2,1H3. The molecule has 26 heavy (non-hydrogen) atoms. The topological polar surface area (TPSA) is 9.23 Å². The van der Waals surface area contributed by atoms with Crippen molar-refractivity contribution in [1.82, 2.24) is 0 Å². The van der Waals surface area contributed by atoms with Crippen LogP contribution in [-0.2, 0) is 6.42 Å². The molecule has 2 aromatic rings. The highest BCUT2D eigenvalue weighted by Gasteiger charge is 2.42. The molecule has 0 N–H and O–H groups in total. The molecule has 2 rings (SSSR count). The van der Waals surface area contributed by atoms with Gasteiger partial charge in [0.05, 0.1) is 0 Å². The van der Waals surface area contributed by atoms with Crippen molar-refractivity contribution in [3.05, 3.63) is 70.8 Å². The highest BCUT2D eigenvalue weighted by molar-refractivity contribution is 5.62. The first kappa shape index (κ1) is 19.8. The summed E-state index contributed by atoms with van der Waals surface area (Å²) in [5.74, 6) is -11.2. The van der Waals surface area contributed by atoms with E-state index in [1.807, 2.05) is 6.92 Å². The minimum Gasteiger partial charge on any atom is -0.427 e. The lowest BCUT2D eigenvalue weighted by atomic mass is 10.1. The van der Waals surface area contributed by atoms with E-state index in [1.54, 1.807) is 0 Å². The molecule has 8 heteroatoms. The molecule has 0 amide bonds. The molecular weight excluding hydrogens is 365 g/mol. The molecule has 1 nitrogen and oxygen atoms in total. The minimum atomic E-state index is -4.86. The number of benzene rings is 2. The van der Waals surface area contributed by atoms with Crippen LogP contribution in [0, 0.1) is 17.5 Å². The van der Waals surface area contributed by atoms with Gasteiger partial charge >= 0.3 is 6.11 Å². The SMILES string of the molecule is CCCc1ccc(C(F)=C(F)C(F)(F)Oc2cc(F)c(F)c(F)c2)cc1. The minimum absolute atomic E-state index is 0.0943. The molecule has 0 bridgehead atoms. The van der Waals surface area contributed by atoms with Gasteiger partial charge in [-0.15, -0.1) is 0 Å². The van der Waals surface area contributed by atoms with Crippen LogP contribution in [0.4, 0.5) is 30.7 Å². The lowest BCUT2D eigenvalue weighted by Crippen LogP contribution is -2.26. The Bertz CT molecular complexity index is 790. The second-order valence-electron chi connectivity index (χ2n) is 5.39. The van der Waals surface area contributed by atoms with Crippen molar-refractivity contribution >= 4 is 5.83 Å². The van der Waals surface area contributed by atoms with E-state index in [1.165, 1.54) is 12.1 Å². The summed E-state index contributed by atoms with van der Waals surface area (Å²) < 4.78 is 98.1. The molecule has 0 aromatic heterocycles. The van der Waals surface area contributed by atoms with Crippen LogP contribution in [0.3, 0.4) is 0 Å². The Morgan fingerprint density at radius 3 is 2.00 bits per heavy atom. The van der Waals surface area contributed by atoms with Crippen LogP contribution in [-0.4, -0.2) is 6.11 Å². The highest BCUT2D eigenvalue weighted by Crippen LogP contribution is 2.36. The summed E-state index contributed by atoms with van der Waals surface area (Å²) in [6, 6.07) is 5.33. The zero-order chi connectivity index (χ0) is 19.5. The van der Waals surface area contributed by atoms with E-state index in [2.05, 4.69) is 4.74 Å². The first-order valence-electron chi connectivity index (χ1n) is 7.52. The van der Waals surface area contributed by atoms with Crippen LogP contribution in [0.2, 0.25) is 0 Å². The molecule has 0 saturated heterocycles. The quantitative estimate of drug-likeness (QED) is 0.421. The normalized spacial score (nSPS) is 12.8. The van der Waals surface area contributed by atoms with E-state index in [9.17, 15) is 30.7 Å². The van der Waals surface area contributed by atoms with Crippen molar-refractivity contribution in [3.63, 3.8) is 0 Å². The van der Waals surface area contributed by atoms with Crippen molar-refractivity contribution in [2.45, 2.75) is 25.9 Å². The van der Waals surface area contributed by atoms with Gasteiger partial charge < -0.3 is 4.74 Å². The molecule has 140 valence electrons. The molecule has 0 aliphatic rings. The lowest BCUT2D eigenvalue weighted by molar-refractivity contribution is -0.156. The average Bonchev–Trinajstić information content (AvgIpc) is 2.59. The summed E-state index contributed by atoms with van der Waals surface area (Å²) >= 11 is 0. The van der Waals surface area contributed by atoms with Gasteiger partial charge in [-0.1, -0.05) is 37.6 Å². The second-order valence-corrected chi connectivity index (χ2v) is 5.39. The monoisotopic (exact) mass is 378 g/mol. The second kappa shape index (κ2) is 7.80. The molecule has 2 aromatic carbocycles. The van der Waals surface area contributed by atoms with Crippen LogP contribution in [0.25, 0.3) is 5.83 Å². The van der Waals surface area contributed by atoms with Crippen LogP contribution >= 0.6 is 0 Å². The van der Waals surface area contributed by atoms with Crippen molar-refractivity contribution in [1.29, 1.82) is 0 Å². The summed E-state index contributed by atoms with van der Waals surface area (Å²) in [4.78, 5) is 0. The van der Waals surface area contributed by atoms with Gasteiger partial charge in [0.2, 0.25) is 5.83 Å². The summed E-state index contributed by atoms with van der Waals surface area (Å²) in [5.41, 5.74) is 0.354. The number of ether oxygens (including phenoxy) is 1. The third-order valence-electron chi connectivity index (χ3n) is 3.40. The fourth-order valence-electron chi connectivity index (χ4n) is 2.14. The Morgan fingerprint density at radius 1 is 0.962 bits per heavy atom. The predicted octanol–water partition coefficient (Wildman–Crippen LogP) is 6.34. The number of aryl methyl sites for hydroxylation is 1. The van der Waals surface area contributed by atoms with Gasteiger partial charge in [0, 0.05) is 17.7 Å². The predicted molar refractivity (Wildman–Crippen MR) is 81.5 cm³/mol. The lowest BCUT2D eigenvalue weighted by Gasteiger charge is -2.17. The zero-order valence-electron chi connectivity index (χ0n) is 13.4. The summed E-state index contributed by atoms with van der Waals surface area (Å²) in [6.07, 6.45) is -3.37. The molecule has 0 radical (unpaired) electrons. The van der Waals surface area contributed by atoms with Gasteiger partial charge in [-0.05, 0) is 12.0 Å². The first-order valence-corrected chi connectivity index (χ1v) is 7.52. The van der Waals surface area contributed by atoms with Gasteiger partial charge in [-0.2, -0.15) is 13.2 Å². The third-order valence-corrected chi connectivity index (χ3v) is 3.40. The van der Waals surface area contributed by atoms with Crippen LogP contribution in [0.15, 0.2) is 42.2 Å². The Morgan fingerprint density at radius 2 is 1.50 bits per heavy atom. The average molecular weight is 378 g/mol. The van der Waals surface area contributed by atoms with Crippen molar-refractivity contribution in [2.24, 2.45) is 0 Å².